The molecule has 3 aliphatic carbocycles. The predicted octanol–water partition coefficient (Wildman–Crippen LogP) is 3.55. The van der Waals surface area contributed by atoms with Crippen molar-refractivity contribution >= 4 is 0 Å². The molecule has 0 radical (unpaired) electrons. The van der Waals surface area contributed by atoms with Gasteiger partial charge in [-0.05, 0) is 49.9 Å². The molecule has 0 spiro atoms. The summed E-state index contributed by atoms with van der Waals surface area (Å²) in [5.41, 5.74) is 1.85. The van der Waals surface area contributed by atoms with Crippen LogP contribution < -0.4 is 0 Å². The Morgan fingerprint density at radius 1 is 1.03 bits per heavy atom. The third-order valence-corrected chi connectivity index (χ3v) is 11.4. The molecule has 0 aromatic rings. The fraction of sp³-hybridized carbons (Fsp3) is 0.926. The first-order valence-electron chi connectivity index (χ1n) is 13.6. The second-order valence-electron chi connectivity index (χ2n) is 12.6. The minimum Gasteiger partial charge on any atom is -0.378 e. The quantitative estimate of drug-likeness (QED) is 0.458. The Kier molecular flexibility index (Phi) is 4.47. The fourth-order valence-corrected chi connectivity index (χ4v) is 9.57. The van der Waals surface area contributed by atoms with Crippen LogP contribution in [0.4, 0.5) is 0 Å². The summed E-state index contributed by atoms with van der Waals surface area (Å²) in [6.07, 6.45) is 10.4. The van der Waals surface area contributed by atoms with Gasteiger partial charge in [-0.3, -0.25) is 0 Å². The van der Waals surface area contributed by atoms with Gasteiger partial charge < -0.3 is 33.2 Å². The van der Waals surface area contributed by atoms with Crippen molar-refractivity contribution in [3.63, 3.8) is 0 Å². The molecule has 8 aliphatic rings. The Bertz CT molecular complexity index is 907. The Morgan fingerprint density at radius 3 is 2.82 bits per heavy atom. The van der Waals surface area contributed by atoms with E-state index in [-0.39, 0.29) is 53.9 Å². The first-order chi connectivity index (χ1) is 16.4. The summed E-state index contributed by atoms with van der Waals surface area (Å²) in [6.45, 7) is 6.38. The van der Waals surface area contributed by atoms with Crippen LogP contribution in [0.1, 0.15) is 58.8 Å². The van der Waals surface area contributed by atoms with E-state index in [1.165, 1.54) is 12.8 Å². The lowest BCUT2D eigenvalue weighted by atomic mass is 9.47. The SMILES string of the molecule is COC1C[C@@H](O[C@H]2CC[C@@]3(C)C(=CC[C@@H]4[C@@H]3CC[C@]3(C)[C@H]5[C@H]6CO[C@@]43O[C@@H]5CO6)C2)OC2OC12. The Hall–Kier alpha value is -0.540. The molecule has 5 aliphatic heterocycles. The number of methoxy groups -OCH3 is 1. The van der Waals surface area contributed by atoms with Crippen molar-refractivity contribution in [3.05, 3.63) is 11.6 Å². The first-order valence-corrected chi connectivity index (χ1v) is 13.6. The number of allylic oxidation sites excluding steroid dienone is 1. The molecular formula is C27H38O7. The van der Waals surface area contributed by atoms with Gasteiger partial charge >= 0.3 is 0 Å². The molecule has 8 rings (SSSR count). The van der Waals surface area contributed by atoms with Crippen LogP contribution in [0.2, 0.25) is 0 Å². The van der Waals surface area contributed by atoms with Gasteiger partial charge in [0.05, 0.1) is 37.6 Å². The minimum atomic E-state index is -0.435. The topological polar surface area (TPSA) is 67.9 Å². The maximum Gasteiger partial charge on any atom is 0.190 e. The zero-order chi connectivity index (χ0) is 22.9. The molecule has 0 aromatic carbocycles. The van der Waals surface area contributed by atoms with Gasteiger partial charge in [-0.25, -0.2) is 0 Å². The summed E-state index contributed by atoms with van der Waals surface area (Å²) in [7, 11) is 1.75. The highest BCUT2D eigenvalue weighted by Gasteiger charge is 2.76. The number of hydrogen-bond acceptors (Lipinski definition) is 7. The van der Waals surface area contributed by atoms with Crippen LogP contribution in [0.15, 0.2) is 11.6 Å². The van der Waals surface area contributed by atoms with E-state index in [1.54, 1.807) is 12.7 Å². The van der Waals surface area contributed by atoms with Crippen molar-refractivity contribution in [2.24, 2.45) is 28.6 Å². The van der Waals surface area contributed by atoms with Crippen LogP contribution in [0.3, 0.4) is 0 Å². The average molecular weight is 475 g/mol. The van der Waals surface area contributed by atoms with E-state index in [2.05, 4.69) is 19.9 Å². The van der Waals surface area contributed by atoms with E-state index in [1.807, 2.05) is 0 Å². The second kappa shape index (κ2) is 7.06. The summed E-state index contributed by atoms with van der Waals surface area (Å²) >= 11 is 0. The van der Waals surface area contributed by atoms with Gasteiger partial charge in [0.2, 0.25) is 0 Å². The molecule has 5 saturated heterocycles. The predicted molar refractivity (Wildman–Crippen MR) is 120 cm³/mol. The first kappa shape index (κ1) is 21.5. The smallest absolute Gasteiger partial charge is 0.190 e. The van der Waals surface area contributed by atoms with Gasteiger partial charge in [-0.15, -0.1) is 0 Å². The van der Waals surface area contributed by atoms with Crippen molar-refractivity contribution < 1.29 is 33.2 Å². The van der Waals surface area contributed by atoms with E-state index in [9.17, 15) is 0 Å². The highest BCUT2D eigenvalue weighted by atomic mass is 16.8. The molecule has 5 heterocycles. The largest absolute Gasteiger partial charge is 0.378 e. The summed E-state index contributed by atoms with van der Waals surface area (Å²) in [5, 5.41) is 0. The van der Waals surface area contributed by atoms with E-state index in [0.717, 1.165) is 38.7 Å². The highest BCUT2D eigenvalue weighted by Crippen LogP contribution is 2.71. The molecule has 13 atom stereocenters. The molecular weight excluding hydrogens is 436 g/mol. The Balaban J connectivity index is 1.03. The third kappa shape index (κ3) is 2.62. The lowest BCUT2D eigenvalue weighted by Crippen LogP contribution is -2.66. The monoisotopic (exact) mass is 474 g/mol. The lowest BCUT2D eigenvalue weighted by Gasteiger charge is -2.63. The van der Waals surface area contributed by atoms with Gasteiger partial charge in [0.15, 0.2) is 18.4 Å². The van der Waals surface area contributed by atoms with E-state index in [4.69, 9.17) is 33.2 Å². The molecule has 7 heteroatoms. The van der Waals surface area contributed by atoms with Crippen LogP contribution in [0, 0.1) is 28.6 Å². The van der Waals surface area contributed by atoms with Gasteiger partial charge in [-0.1, -0.05) is 25.5 Å². The van der Waals surface area contributed by atoms with Crippen LogP contribution in [-0.2, 0) is 33.2 Å². The van der Waals surface area contributed by atoms with Crippen LogP contribution in [-0.4, -0.2) is 69.2 Å². The minimum absolute atomic E-state index is 0.0687. The summed E-state index contributed by atoms with van der Waals surface area (Å²) in [4.78, 5) is 0. The van der Waals surface area contributed by atoms with Crippen molar-refractivity contribution in [1.29, 1.82) is 0 Å². The van der Waals surface area contributed by atoms with Gasteiger partial charge in [0.1, 0.15) is 6.10 Å². The molecule has 0 aromatic heterocycles. The Morgan fingerprint density at radius 2 is 1.94 bits per heavy atom. The molecule has 7 nitrogen and oxygen atoms in total. The van der Waals surface area contributed by atoms with Crippen molar-refractivity contribution in [2.75, 3.05) is 20.3 Å². The normalized spacial score (nSPS) is 61.1. The van der Waals surface area contributed by atoms with Crippen molar-refractivity contribution in [2.45, 2.75) is 108 Å². The van der Waals surface area contributed by atoms with E-state index < -0.39 is 5.79 Å². The fourth-order valence-electron chi connectivity index (χ4n) is 9.57. The molecule has 188 valence electrons. The highest BCUT2D eigenvalue weighted by molar-refractivity contribution is 5.28. The maximum absolute atomic E-state index is 6.88. The second-order valence-corrected chi connectivity index (χ2v) is 12.6. The van der Waals surface area contributed by atoms with Crippen molar-refractivity contribution in [3.8, 4) is 0 Å². The summed E-state index contributed by atoms with van der Waals surface area (Å²) in [5.74, 6) is 1.08. The van der Waals surface area contributed by atoms with E-state index in [0.29, 0.717) is 24.4 Å². The molecule has 0 amide bonds. The number of fused-ring (bicyclic) bond motifs is 4. The van der Waals surface area contributed by atoms with Crippen LogP contribution >= 0.6 is 0 Å². The lowest BCUT2D eigenvalue weighted by molar-refractivity contribution is -0.356. The Labute approximate surface area is 201 Å². The average Bonchev–Trinajstić information content (AvgIpc) is 3.45. The summed E-state index contributed by atoms with van der Waals surface area (Å²) < 4.78 is 43.3. The third-order valence-electron chi connectivity index (χ3n) is 11.4. The number of ether oxygens (including phenoxy) is 7. The number of hydrogen-bond donors (Lipinski definition) is 0. The summed E-state index contributed by atoms with van der Waals surface area (Å²) in [6, 6.07) is 0. The molecule has 7 fully saturated rings. The number of epoxide rings is 1. The molecule has 0 N–H and O–H groups in total. The van der Waals surface area contributed by atoms with Gasteiger partial charge in [0, 0.05) is 30.8 Å². The zero-order valence-electron chi connectivity index (χ0n) is 20.6. The molecule has 3 unspecified atom stereocenters. The van der Waals surface area contributed by atoms with Gasteiger partial charge in [-0.2, -0.15) is 0 Å². The van der Waals surface area contributed by atoms with E-state index >= 15 is 0 Å². The zero-order valence-corrected chi connectivity index (χ0v) is 20.6. The molecule has 34 heavy (non-hydrogen) atoms. The molecule has 2 bridgehead atoms. The molecule has 2 saturated carbocycles. The number of rotatable bonds is 3. The standard InChI is InChI=1S/C27H38O7/c1-25-8-6-15(31-21-11-18(28-3)23-24(32-21)33-23)10-14(25)4-5-17-16(25)7-9-26(2)22-19-13-30-27(17,26)34-20(22)12-29-19/h4,15-24H,5-13H2,1-3H3/t15-,16-,17+,18?,19+,20+,21-,22-,23?,24?,25-,26+,27+/m0/s1. The van der Waals surface area contributed by atoms with Crippen molar-refractivity contribution in [1.82, 2.24) is 0 Å². The van der Waals surface area contributed by atoms with Crippen LogP contribution in [0.5, 0.6) is 0 Å². The van der Waals surface area contributed by atoms with Gasteiger partial charge in [0.25, 0.3) is 0 Å². The maximum atomic E-state index is 6.88. The van der Waals surface area contributed by atoms with Crippen LogP contribution in [0.25, 0.3) is 0 Å².